The number of hydrogen-bond donors (Lipinski definition) is 0. The minimum absolute atomic E-state index is 0.0980. The minimum atomic E-state index is -0.0980. The van der Waals surface area contributed by atoms with Gasteiger partial charge in [0, 0.05) is 23.2 Å². The summed E-state index contributed by atoms with van der Waals surface area (Å²) in [6.07, 6.45) is 7.47. The Bertz CT molecular complexity index is 925. The molecule has 0 N–H and O–H groups in total. The molecule has 4 heteroatoms. The zero-order valence-electron chi connectivity index (χ0n) is 15.4. The summed E-state index contributed by atoms with van der Waals surface area (Å²) in [6, 6.07) is 8.05. The van der Waals surface area contributed by atoms with E-state index in [1.54, 1.807) is 19.5 Å². The van der Waals surface area contributed by atoms with E-state index in [4.69, 9.17) is 14.7 Å². The quantitative estimate of drug-likeness (QED) is 0.690. The summed E-state index contributed by atoms with van der Waals surface area (Å²) in [5.74, 6) is 1.46. The number of aryl methyl sites for hydroxylation is 1. The van der Waals surface area contributed by atoms with Crippen molar-refractivity contribution in [3.05, 3.63) is 59.3 Å². The second-order valence-electron chi connectivity index (χ2n) is 7.16. The van der Waals surface area contributed by atoms with Crippen molar-refractivity contribution >= 4 is 23.1 Å². The average Bonchev–Trinajstić information content (AvgIpc) is 2.58. The van der Waals surface area contributed by atoms with Crippen molar-refractivity contribution in [2.24, 2.45) is 0 Å². The zero-order valence-corrected chi connectivity index (χ0v) is 15.4. The molecule has 0 bridgehead atoms. The molecule has 0 saturated heterocycles. The predicted octanol–water partition coefficient (Wildman–Crippen LogP) is 4.81. The maximum absolute atomic E-state index is 5.57. The zero-order chi connectivity index (χ0) is 18.0. The number of methoxy groups -OCH3 is 1. The summed E-state index contributed by atoms with van der Waals surface area (Å²) in [5, 5.41) is 1.05. The summed E-state index contributed by atoms with van der Waals surface area (Å²) < 4.78 is 5.57. The normalized spacial score (nSPS) is 12.0. The summed E-state index contributed by atoms with van der Waals surface area (Å²) in [5.41, 5.74) is 3.97. The topological polar surface area (TPSA) is 47.9 Å². The first-order valence-corrected chi connectivity index (χ1v) is 8.33. The Morgan fingerprint density at radius 3 is 2.36 bits per heavy atom. The van der Waals surface area contributed by atoms with Crippen LogP contribution < -0.4 is 4.74 Å². The van der Waals surface area contributed by atoms with Gasteiger partial charge in [-0.2, -0.15) is 0 Å². The van der Waals surface area contributed by atoms with Gasteiger partial charge >= 0.3 is 0 Å². The summed E-state index contributed by atoms with van der Waals surface area (Å²) in [6.45, 7) is 8.56. The molecule has 3 rings (SSSR count). The first-order valence-electron chi connectivity index (χ1n) is 8.33. The molecule has 0 spiro atoms. The van der Waals surface area contributed by atoms with Gasteiger partial charge in [0.05, 0.1) is 12.8 Å². The van der Waals surface area contributed by atoms with Crippen LogP contribution in [0, 0.1) is 6.92 Å². The maximum atomic E-state index is 5.57. The third-order valence-electron chi connectivity index (χ3n) is 3.99. The fourth-order valence-electron chi connectivity index (χ4n) is 2.80. The summed E-state index contributed by atoms with van der Waals surface area (Å²) >= 11 is 0. The lowest BCUT2D eigenvalue weighted by atomic mass is 9.88. The van der Waals surface area contributed by atoms with E-state index >= 15 is 0 Å². The molecule has 0 unspecified atom stereocenters. The Morgan fingerprint density at radius 1 is 1.00 bits per heavy atom. The summed E-state index contributed by atoms with van der Waals surface area (Å²) in [7, 11) is 1.68. The Morgan fingerprint density at radius 2 is 1.72 bits per heavy atom. The molecule has 2 heterocycles. The van der Waals surface area contributed by atoms with Crippen molar-refractivity contribution < 1.29 is 4.74 Å². The largest absolute Gasteiger partial charge is 0.494 e. The monoisotopic (exact) mass is 333 g/mol. The third kappa shape index (κ3) is 3.68. The molecule has 3 aromatic rings. The minimum Gasteiger partial charge on any atom is -0.494 e. The Hall–Kier alpha value is -2.75. The number of hydrogen-bond acceptors (Lipinski definition) is 4. The van der Waals surface area contributed by atoms with Gasteiger partial charge in [0.15, 0.2) is 5.82 Å². The maximum Gasteiger partial charge on any atom is 0.153 e. The van der Waals surface area contributed by atoms with E-state index < -0.39 is 0 Å². The van der Waals surface area contributed by atoms with Crippen LogP contribution in [-0.2, 0) is 5.41 Å². The Labute approximate surface area is 148 Å². The molecule has 4 nitrogen and oxygen atoms in total. The van der Waals surface area contributed by atoms with Crippen LogP contribution in [0.5, 0.6) is 5.75 Å². The number of aromatic nitrogens is 3. The molecule has 1 aromatic carbocycles. The first-order chi connectivity index (χ1) is 11.9. The highest BCUT2D eigenvalue weighted by molar-refractivity contribution is 5.89. The van der Waals surface area contributed by atoms with Crippen LogP contribution in [-0.4, -0.2) is 22.1 Å². The van der Waals surface area contributed by atoms with E-state index in [-0.39, 0.29) is 5.41 Å². The van der Waals surface area contributed by atoms with Gasteiger partial charge in [0.25, 0.3) is 0 Å². The second-order valence-corrected chi connectivity index (χ2v) is 7.16. The lowest BCUT2D eigenvalue weighted by Crippen LogP contribution is -2.16. The van der Waals surface area contributed by atoms with Gasteiger partial charge in [-0.15, -0.1) is 0 Å². The highest BCUT2D eigenvalue weighted by atomic mass is 16.5. The molecule has 0 aliphatic heterocycles. The van der Waals surface area contributed by atoms with Gasteiger partial charge in [-0.25, -0.2) is 9.97 Å². The molecule has 2 aromatic heterocycles. The van der Waals surface area contributed by atoms with E-state index in [9.17, 15) is 0 Å². The molecule has 0 amide bonds. The molecular formula is C21H23N3O. The third-order valence-corrected chi connectivity index (χ3v) is 3.99. The van der Waals surface area contributed by atoms with Crippen LogP contribution in [0.1, 0.15) is 43.4 Å². The number of pyridine rings is 1. The molecular weight excluding hydrogens is 310 g/mol. The fourth-order valence-corrected chi connectivity index (χ4v) is 2.80. The van der Waals surface area contributed by atoms with Crippen molar-refractivity contribution in [2.75, 3.05) is 7.11 Å². The Kier molecular flexibility index (Phi) is 4.53. The molecule has 0 fully saturated rings. The highest BCUT2D eigenvalue weighted by Gasteiger charge is 2.22. The van der Waals surface area contributed by atoms with Gasteiger partial charge in [-0.05, 0) is 48.4 Å². The van der Waals surface area contributed by atoms with Crippen LogP contribution in [0.3, 0.4) is 0 Å². The smallest absolute Gasteiger partial charge is 0.153 e. The number of rotatable bonds is 3. The standard InChI is InChI=1S/C21H23N3O/c1-14-12-16-19(17(13-14)25-5)23-18(24-20(16)21(2,3)4)7-6-15-8-10-22-11-9-15/h6-13H,1-5H3/b7-6+. The highest BCUT2D eigenvalue weighted by Crippen LogP contribution is 2.33. The molecule has 25 heavy (non-hydrogen) atoms. The molecule has 0 radical (unpaired) electrons. The van der Waals surface area contributed by atoms with E-state index in [0.29, 0.717) is 5.82 Å². The average molecular weight is 333 g/mol. The molecule has 0 saturated carbocycles. The van der Waals surface area contributed by atoms with Crippen molar-refractivity contribution in [1.82, 2.24) is 15.0 Å². The number of fused-ring (bicyclic) bond motifs is 1. The van der Waals surface area contributed by atoms with Crippen LogP contribution in [0.2, 0.25) is 0 Å². The van der Waals surface area contributed by atoms with Crippen LogP contribution >= 0.6 is 0 Å². The second kappa shape index (κ2) is 6.63. The van der Waals surface area contributed by atoms with Gasteiger partial charge < -0.3 is 4.74 Å². The lowest BCUT2D eigenvalue weighted by molar-refractivity contribution is 0.418. The molecule has 0 aliphatic carbocycles. The molecule has 128 valence electrons. The number of nitrogens with zero attached hydrogens (tertiary/aromatic N) is 3. The van der Waals surface area contributed by atoms with Crippen LogP contribution in [0.25, 0.3) is 23.1 Å². The van der Waals surface area contributed by atoms with Crippen LogP contribution in [0.15, 0.2) is 36.7 Å². The van der Waals surface area contributed by atoms with E-state index in [0.717, 1.165) is 33.5 Å². The van der Waals surface area contributed by atoms with Gasteiger partial charge in [0.2, 0.25) is 0 Å². The lowest BCUT2D eigenvalue weighted by Gasteiger charge is -2.21. The van der Waals surface area contributed by atoms with Gasteiger partial charge in [0.1, 0.15) is 11.3 Å². The molecule has 0 aliphatic rings. The predicted molar refractivity (Wildman–Crippen MR) is 103 cm³/mol. The first kappa shape index (κ1) is 17.1. The number of benzene rings is 1. The number of ether oxygens (including phenoxy) is 1. The summed E-state index contributed by atoms with van der Waals surface area (Å²) in [4.78, 5) is 13.6. The van der Waals surface area contributed by atoms with Crippen molar-refractivity contribution in [3.8, 4) is 5.75 Å². The molecule has 0 atom stereocenters. The SMILES string of the molecule is COc1cc(C)cc2c(C(C)(C)C)nc(/C=C/c3ccncc3)nc12. The van der Waals surface area contributed by atoms with Gasteiger partial charge in [-0.3, -0.25) is 4.98 Å². The van der Waals surface area contributed by atoms with Crippen molar-refractivity contribution in [3.63, 3.8) is 0 Å². The Balaban J connectivity index is 2.21. The van der Waals surface area contributed by atoms with Crippen molar-refractivity contribution in [1.29, 1.82) is 0 Å². The van der Waals surface area contributed by atoms with E-state index in [1.165, 1.54) is 0 Å². The van der Waals surface area contributed by atoms with E-state index in [1.807, 2.05) is 30.4 Å². The van der Waals surface area contributed by atoms with Crippen LogP contribution in [0.4, 0.5) is 0 Å². The van der Waals surface area contributed by atoms with Crippen molar-refractivity contribution in [2.45, 2.75) is 33.1 Å². The van der Waals surface area contributed by atoms with Gasteiger partial charge in [-0.1, -0.05) is 26.8 Å². The van der Waals surface area contributed by atoms with E-state index in [2.05, 4.69) is 38.7 Å². The fraction of sp³-hybridized carbons (Fsp3) is 0.286.